The van der Waals surface area contributed by atoms with Crippen LogP contribution in [0.1, 0.15) is 32.8 Å². The van der Waals surface area contributed by atoms with Gasteiger partial charge in [-0.2, -0.15) is 0 Å². The lowest BCUT2D eigenvalue weighted by atomic mass is 10.1. The van der Waals surface area contributed by atoms with Crippen molar-refractivity contribution in [3.63, 3.8) is 0 Å². The van der Waals surface area contributed by atoms with E-state index in [2.05, 4.69) is 31.1 Å². The van der Waals surface area contributed by atoms with Crippen LogP contribution in [-0.4, -0.2) is 17.6 Å². The quantitative estimate of drug-likeness (QED) is 0.772. The van der Waals surface area contributed by atoms with E-state index in [9.17, 15) is 0 Å². The molecule has 0 aliphatic heterocycles. The van der Waals surface area contributed by atoms with E-state index in [1.807, 2.05) is 18.3 Å². The van der Waals surface area contributed by atoms with Crippen molar-refractivity contribution in [2.75, 3.05) is 6.54 Å². The van der Waals surface area contributed by atoms with E-state index in [0.29, 0.717) is 11.2 Å². The SMILES string of the molecule is CC(C)CC(C)NCCc1ccc(Cl)nc1. The van der Waals surface area contributed by atoms with Crippen molar-refractivity contribution < 1.29 is 0 Å². The Morgan fingerprint density at radius 2 is 2.06 bits per heavy atom. The lowest BCUT2D eigenvalue weighted by Gasteiger charge is -2.15. The highest BCUT2D eigenvalue weighted by atomic mass is 35.5. The van der Waals surface area contributed by atoms with Crippen molar-refractivity contribution in [1.82, 2.24) is 10.3 Å². The third-order valence-electron chi connectivity index (χ3n) is 2.52. The monoisotopic (exact) mass is 240 g/mol. The fourth-order valence-electron chi connectivity index (χ4n) is 1.81. The van der Waals surface area contributed by atoms with Crippen molar-refractivity contribution in [1.29, 1.82) is 0 Å². The summed E-state index contributed by atoms with van der Waals surface area (Å²) in [5, 5.41) is 4.08. The average Bonchev–Trinajstić information content (AvgIpc) is 2.20. The molecule has 16 heavy (non-hydrogen) atoms. The van der Waals surface area contributed by atoms with Crippen LogP contribution in [0.5, 0.6) is 0 Å². The van der Waals surface area contributed by atoms with Crippen LogP contribution in [0.15, 0.2) is 18.3 Å². The summed E-state index contributed by atoms with van der Waals surface area (Å²) in [7, 11) is 0. The Labute approximate surface area is 103 Å². The first kappa shape index (κ1) is 13.5. The number of aromatic nitrogens is 1. The molecule has 3 heteroatoms. The molecule has 1 atom stereocenters. The predicted octanol–water partition coefficient (Wildman–Crippen LogP) is 3.30. The number of pyridine rings is 1. The summed E-state index contributed by atoms with van der Waals surface area (Å²) >= 11 is 5.73. The molecule has 0 aliphatic carbocycles. The molecule has 0 saturated carbocycles. The van der Waals surface area contributed by atoms with Gasteiger partial charge in [-0.25, -0.2) is 4.98 Å². The van der Waals surface area contributed by atoms with Crippen LogP contribution >= 0.6 is 11.6 Å². The van der Waals surface area contributed by atoms with Crippen molar-refractivity contribution in [2.45, 2.75) is 39.7 Å². The van der Waals surface area contributed by atoms with Crippen LogP contribution in [0.3, 0.4) is 0 Å². The minimum absolute atomic E-state index is 0.560. The maximum atomic E-state index is 5.73. The summed E-state index contributed by atoms with van der Waals surface area (Å²) in [5.74, 6) is 0.750. The zero-order valence-electron chi connectivity index (χ0n) is 10.3. The molecule has 1 N–H and O–H groups in total. The molecule has 0 fully saturated rings. The standard InChI is InChI=1S/C13H21ClN2/c1-10(2)8-11(3)15-7-6-12-4-5-13(14)16-9-12/h4-5,9-11,15H,6-8H2,1-3H3. The van der Waals surface area contributed by atoms with Gasteiger partial charge in [0.05, 0.1) is 0 Å². The van der Waals surface area contributed by atoms with E-state index < -0.39 is 0 Å². The number of halogens is 1. The molecule has 0 spiro atoms. The van der Waals surface area contributed by atoms with Crippen LogP contribution in [0, 0.1) is 5.92 Å². The lowest BCUT2D eigenvalue weighted by molar-refractivity contribution is 0.444. The highest BCUT2D eigenvalue weighted by Gasteiger charge is 2.03. The molecule has 1 rings (SSSR count). The maximum Gasteiger partial charge on any atom is 0.129 e. The van der Waals surface area contributed by atoms with Gasteiger partial charge in [0.15, 0.2) is 0 Å². The third kappa shape index (κ3) is 5.47. The Balaban J connectivity index is 2.22. The molecular formula is C13H21ClN2. The fourth-order valence-corrected chi connectivity index (χ4v) is 1.92. The zero-order chi connectivity index (χ0) is 12.0. The first-order chi connectivity index (χ1) is 7.58. The Morgan fingerprint density at radius 3 is 2.62 bits per heavy atom. The first-order valence-electron chi connectivity index (χ1n) is 5.91. The normalized spacial score (nSPS) is 13.1. The molecule has 1 unspecified atom stereocenters. The van der Waals surface area contributed by atoms with Gasteiger partial charge in [0, 0.05) is 12.2 Å². The fraction of sp³-hybridized carbons (Fsp3) is 0.615. The second-order valence-electron chi connectivity index (χ2n) is 4.72. The molecule has 0 radical (unpaired) electrons. The van der Waals surface area contributed by atoms with E-state index in [-0.39, 0.29) is 0 Å². The van der Waals surface area contributed by atoms with Crippen LogP contribution in [-0.2, 0) is 6.42 Å². The average molecular weight is 241 g/mol. The number of hydrogen-bond donors (Lipinski definition) is 1. The summed E-state index contributed by atoms with van der Waals surface area (Å²) < 4.78 is 0. The van der Waals surface area contributed by atoms with Crippen molar-refractivity contribution in [2.24, 2.45) is 5.92 Å². The molecule has 90 valence electrons. The van der Waals surface area contributed by atoms with Gasteiger partial charge in [-0.1, -0.05) is 31.5 Å². The molecule has 1 aromatic heterocycles. The van der Waals surface area contributed by atoms with Gasteiger partial charge < -0.3 is 5.32 Å². The summed E-state index contributed by atoms with van der Waals surface area (Å²) in [6.45, 7) is 7.74. The van der Waals surface area contributed by atoms with Gasteiger partial charge in [-0.15, -0.1) is 0 Å². The van der Waals surface area contributed by atoms with Gasteiger partial charge in [0.1, 0.15) is 5.15 Å². The summed E-state index contributed by atoms with van der Waals surface area (Å²) in [4.78, 5) is 4.06. The summed E-state index contributed by atoms with van der Waals surface area (Å²) in [6, 6.07) is 4.46. The lowest BCUT2D eigenvalue weighted by Crippen LogP contribution is -2.29. The Morgan fingerprint density at radius 1 is 1.31 bits per heavy atom. The maximum absolute atomic E-state index is 5.73. The zero-order valence-corrected chi connectivity index (χ0v) is 11.1. The number of hydrogen-bond acceptors (Lipinski definition) is 2. The summed E-state index contributed by atoms with van der Waals surface area (Å²) in [5.41, 5.74) is 1.23. The van der Waals surface area contributed by atoms with E-state index in [1.165, 1.54) is 12.0 Å². The molecule has 1 heterocycles. The third-order valence-corrected chi connectivity index (χ3v) is 2.74. The van der Waals surface area contributed by atoms with E-state index in [1.54, 1.807) is 0 Å². The number of nitrogens with one attached hydrogen (secondary N) is 1. The molecule has 0 aromatic carbocycles. The van der Waals surface area contributed by atoms with Crippen LogP contribution in [0.25, 0.3) is 0 Å². The highest BCUT2D eigenvalue weighted by Crippen LogP contribution is 2.06. The van der Waals surface area contributed by atoms with E-state index in [0.717, 1.165) is 18.9 Å². The van der Waals surface area contributed by atoms with Gasteiger partial charge >= 0.3 is 0 Å². The molecular weight excluding hydrogens is 220 g/mol. The van der Waals surface area contributed by atoms with Crippen molar-refractivity contribution in [3.05, 3.63) is 29.0 Å². The van der Waals surface area contributed by atoms with Crippen LogP contribution in [0.2, 0.25) is 5.15 Å². The highest BCUT2D eigenvalue weighted by molar-refractivity contribution is 6.29. The topological polar surface area (TPSA) is 24.9 Å². The molecule has 0 saturated heterocycles. The Hall–Kier alpha value is -0.600. The van der Waals surface area contributed by atoms with Gasteiger partial charge in [-0.05, 0) is 43.9 Å². The molecule has 0 aliphatic rings. The molecule has 0 amide bonds. The van der Waals surface area contributed by atoms with Gasteiger partial charge in [-0.3, -0.25) is 0 Å². The van der Waals surface area contributed by atoms with Crippen molar-refractivity contribution >= 4 is 11.6 Å². The van der Waals surface area contributed by atoms with Crippen LogP contribution in [0.4, 0.5) is 0 Å². The number of nitrogens with zero attached hydrogens (tertiary/aromatic N) is 1. The van der Waals surface area contributed by atoms with E-state index in [4.69, 9.17) is 11.6 Å². The summed E-state index contributed by atoms with van der Waals surface area (Å²) in [6.07, 6.45) is 4.07. The van der Waals surface area contributed by atoms with Gasteiger partial charge in [0.25, 0.3) is 0 Å². The molecule has 0 bridgehead atoms. The Kier molecular flexibility index (Phi) is 5.78. The minimum Gasteiger partial charge on any atom is -0.314 e. The van der Waals surface area contributed by atoms with Crippen LogP contribution < -0.4 is 5.32 Å². The minimum atomic E-state index is 0.560. The predicted molar refractivity (Wildman–Crippen MR) is 69.9 cm³/mol. The van der Waals surface area contributed by atoms with Gasteiger partial charge in [0.2, 0.25) is 0 Å². The van der Waals surface area contributed by atoms with E-state index >= 15 is 0 Å². The second-order valence-corrected chi connectivity index (χ2v) is 5.11. The Bertz CT molecular complexity index is 295. The second kappa shape index (κ2) is 6.87. The van der Waals surface area contributed by atoms with Crippen molar-refractivity contribution in [3.8, 4) is 0 Å². The first-order valence-corrected chi connectivity index (χ1v) is 6.29. The number of rotatable bonds is 6. The largest absolute Gasteiger partial charge is 0.314 e. The molecule has 2 nitrogen and oxygen atoms in total. The molecule has 1 aromatic rings. The smallest absolute Gasteiger partial charge is 0.129 e.